The van der Waals surface area contributed by atoms with E-state index in [0.29, 0.717) is 22.7 Å². The second-order valence-electron chi connectivity index (χ2n) is 6.30. The minimum Gasteiger partial charge on any atom is -0.493 e. The monoisotopic (exact) mass is 419 g/mol. The Labute approximate surface area is 172 Å². The first-order valence-corrected chi connectivity index (χ1v) is 8.71. The molecule has 2 aromatic carbocycles. The Hall–Kier alpha value is -3.67. The van der Waals surface area contributed by atoms with Crippen LogP contribution in [0.15, 0.2) is 42.5 Å². The number of amides is 1. The van der Waals surface area contributed by atoms with Crippen molar-refractivity contribution in [1.29, 1.82) is 5.26 Å². The Morgan fingerprint density at radius 2 is 1.93 bits per heavy atom. The topological polar surface area (TPSA) is 74.6 Å². The lowest BCUT2D eigenvalue weighted by atomic mass is 10.1. The highest BCUT2D eigenvalue weighted by molar-refractivity contribution is 6.02. The van der Waals surface area contributed by atoms with E-state index >= 15 is 0 Å². The number of rotatable bonds is 7. The van der Waals surface area contributed by atoms with Crippen molar-refractivity contribution >= 4 is 23.4 Å². The highest BCUT2D eigenvalue weighted by atomic mass is 19.4. The number of hydrogen-bond acceptors (Lipinski definition) is 5. The summed E-state index contributed by atoms with van der Waals surface area (Å²) in [6, 6.07) is 10.3. The molecule has 0 bridgehead atoms. The second-order valence-corrected chi connectivity index (χ2v) is 6.30. The Kier molecular flexibility index (Phi) is 7.31. The van der Waals surface area contributed by atoms with Gasteiger partial charge in [-0.1, -0.05) is 6.07 Å². The van der Waals surface area contributed by atoms with E-state index in [0.717, 1.165) is 12.1 Å². The summed E-state index contributed by atoms with van der Waals surface area (Å²) in [4.78, 5) is 13.7. The molecule has 0 saturated carbocycles. The zero-order valence-corrected chi connectivity index (χ0v) is 16.6. The van der Waals surface area contributed by atoms with E-state index in [-0.39, 0.29) is 12.3 Å². The fourth-order valence-corrected chi connectivity index (χ4v) is 2.52. The van der Waals surface area contributed by atoms with Crippen LogP contribution in [0.4, 0.5) is 24.5 Å². The molecule has 0 radical (unpaired) electrons. The zero-order chi connectivity index (χ0) is 22.3. The Morgan fingerprint density at radius 3 is 2.53 bits per heavy atom. The van der Waals surface area contributed by atoms with Gasteiger partial charge < -0.3 is 19.7 Å². The van der Waals surface area contributed by atoms with Gasteiger partial charge in [-0.15, -0.1) is 0 Å². The molecule has 9 heteroatoms. The summed E-state index contributed by atoms with van der Waals surface area (Å²) in [5.74, 6) is -0.00947. The predicted molar refractivity (Wildman–Crippen MR) is 108 cm³/mol. The summed E-state index contributed by atoms with van der Waals surface area (Å²) in [5.41, 5.74) is -0.344. The molecule has 0 atom stereocenters. The van der Waals surface area contributed by atoms with Gasteiger partial charge in [-0.25, -0.2) is 0 Å². The van der Waals surface area contributed by atoms with Crippen LogP contribution < -0.4 is 19.7 Å². The molecule has 2 rings (SSSR count). The van der Waals surface area contributed by atoms with Crippen LogP contribution in [0.5, 0.6) is 11.5 Å². The molecule has 0 aliphatic heterocycles. The number of nitrogens with zero attached hydrogens (tertiary/aromatic N) is 2. The molecular weight excluding hydrogens is 399 g/mol. The van der Waals surface area contributed by atoms with Crippen molar-refractivity contribution in [3.63, 3.8) is 0 Å². The van der Waals surface area contributed by atoms with E-state index in [1.54, 1.807) is 32.3 Å². The fraction of sp³-hybridized carbons (Fsp3) is 0.238. The molecule has 0 aliphatic carbocycles. The van der Waals surface area contributed by atoms with Gasteiger partial charge >= 0.3 is 6.18 Å². The molecule has 0 unspecified atom stereocenters. The molecule has 0 saturated heterocycles. The van der Waals surface area contributed by atoms with Gasteiger partial charge in [0.2, 0.25) is 5.91 Å². The second kappa shape index (κ2) is 9.69. The Balaban J connectivity index is 2.19. The van der Waals surface area contributed by atoms with Gasteiger partial charge in [0, 0.05) is 25.9 Å². The average Bonchev–Trinajstić information content (AvgIpc) is 2.70. The molecule has 0 aliphatic rings. The minimum atomic E-state index is -4.62. The van der Waals surface area contributed by atoms with E-state index in [9.17, 15) is 18.0 Å². The van der Waals surface area contributed by atoms with E-state index in [4.69, 9.17) is 14.7 Å². The van der Waals surface area contributed by atoms with Crippen molar-refractivity contribution in [2.75, 3.05) is 38.0 Å². The van der Waals surface area contributed by atoms with Gasteiger partial charge in [0.1, 0.15) is 6.07 Å². The maximum atomic E-state index is 13.4. The molecule has 158 valence electrons. The maximum absolute atomic E-state index is 13.4. The van der Waals surface area contributed by atoms with Gasteiger partial charge in [-0.2, -0.15) is 18.4 Å². The lowest BCUT2D eigenvalue weighted by Crippen LogP contribution is -2.16. The largest absolute Gasteiger partial charge is 0.493 e. The summed E-state index contributed by atoms with van der Waals surface area (Å²) >= 11 is 0. The molecule has 0 heterocycles. The normalized spacial score (nSPS) is 11.1. The third-order valence-electron chi connectivity index (χ3n) is 3.99. The summed E-state index contributed by atoms with van der Waals surface area (Å²) in [6.45, 7) is -0.151. The average molecular weight is 419 g/mol. The first-order chi connectivity index (χ1) is 14.2. The van der Waals surface area contributed by atoms with Crippen LogP contribution in [0.3, 0.4) is 0 Å². The number of carbonyl (C=O) groups excluding carboxylic acids is 1. The van der Waals surface area contributed by atoms with Gasteiger partial charge in [0.05, 0.1) is 18.4 Å². The number of halogens is 3. The van der Waals surface area contributed by atoms with Crippen LogP contribution in [-0.2, 0) is 11.0 Å². The van der Waals surface area contributed by atoms with Crippen LogP contribution in [0.2, 0.25) is 0 Å². The van der Waals surface area contributed by atoms with Crippen molar-refractivity contribution in [2.45, 2.75) is 6.18 Å². The maximum Gasteiger partial charge on any atom is 0.418 e. The number of anilines is 2. The number of nitrogens with one attached hydrogen (secondary N) is 1. The van der Waals surface area contributed by atoms with E-state index < -0.39 is 17.6 Å². The van der Waals surface area contributed by atoms with Crippen molar-refractivity contribution in [3.8, 4) is 17.6 Å². The highest BCUT2D eigenvalue weighted by Crippen LogP contribution is 2.37. The number of ether oxygens (including phenoxy) is 2. The van der Waals surface area contributed by atoms with E-state index in [1.807, 2.05) is 6.07 Å². The van der Waals surface area contributed by atoms with Crippen LogP contribution in [0.25, 0.3) is 6.08 Å². The molecule has 2 aromatic rings. The number of alkyl halides is 3. The first kappa shape index (κ1) is 22.6. The number of methoxy groups -OCH3 is 1. The SMILES string of the molecule is COc1cc(C=CC(=O)Nc2ccc(N(C)C)cc2C(F)(F)F)ccc1OCC#N. The number of carbonyl (C=O) groups is 1. The predicted octanol–water partition coefficient (Wildman–Crippen LogP) is 4.33. The Morgan fingerprint density at radius 1 is 1.20 bits per heavy atom. The lowest BCUT2D eigenvalue weighted by molar-refractivity contribution is -0.136. The Bertz CT molecular complexity index is 980. The van der Waals surface area contributed by atoms with Gasteiger partial charge in [0.15, 0.2) is 18.1 Å². The zero-order valence-electron chi connectivity index (χ0n) is 16.6. The van der Waals surface area contributed by atoms with Gasteiger partial charge in [0.25, 0.3) is 0 Å². The molecule has 30 heavy (non-hydrogen) atoms. The van der Waals surface area contributed by atoms with E-state index in [1.165, 1.54) is 30.2 Å². The van der Waals surface area contributed by atoms with Crippen LogP contribution in [0, 0.1) is 11.3 Å². The lowest BCUT2D eigenvalue weighted by Gasteiger charge is -2.18. The third-order valence-corrected chi connectivity index (χ3v) is 3.99. The summed E-state index contributed by atoms with van der Waals surface area (Å²) in [7, 11) is 4.67. The van der Waals surface area contributed by atoms with Gasteiger partial charge in [-0.05, 0) is 42.0 Å². The molecule has 6 nitrogen and oxygen atoms in total. The van der Waals surface area contributed by atoms with Crippen molar-refractivity contribution in [1.82, 2.24) is 0 Å². The molecule has 1 N–H and O–H groups in total. The third kappa shape index (κ3) is 5.91. The number of nitriles is 1. The van der Waals surface area contributed by atoms with Gasteiger partial charge in [-0.3, -0.25) is 4.79 Å². The molecule has 0 fully saturated rings. The van der Waals surface area contributed by atoms with Crippen molar-refractivity contribution in [3.05, 3.63) is 53.6 Å². The smallest absolute Gasteiger partial charge is 0.418 e. The minimum absolute atomic E-state index is 0.151. The molecule has 0 spiro atoms. The van der Waals surface area contributed by atoms with Crippen LogP contribution >= 0.6 is 0 Å². The molecule has 1 amide bonds. The van der Waals surface area contributed by atoms with Crippen LogP contribution in [0.1, 0.15) is 11.1 Å². The fourth-order valence-electron chi connectivity index (χ4n) is 2.52. The summed E-state index contributed by atoms with van der Waals surface area (Å²) < 4.78 is 50.5. The van der Waals surface area contributed by atoms with Crippen molar-refractivity contribution < 1.29 is 27.4 Å². The van der Waals surface area contributed by atoms with E-state index in [2.05, 4.69) is 5.32 Å². The van der Waals surface area contributed by atoms with Crippen LogP contribution in [-0.4, -0.2) is 33.7 Å². The van der Waals surface area contributed by atoms with Crippen molar-refractivity contribution in [2.24, 2.45) is 0 Å². The molecule has 0 aromatic heterocycles. The molecular formula is C21H20F3N3O3. The quantitative estimate of drug-likeness (QED) is 0.676. The highest BCUT2D eigenvalue weighted by Gasteiger charge is 2.34. The summed E-state index contributed by atoms with van der Waals surface area (Å²) in [6.07, 6.45) is -2.08. The number of hydrogen-bond donors (Lipinski definition) is 1. The summed E-state index contributed by atoms with van der Waals surface area (Å²) in [5, 5.41) is 10.8. The first-order valence-electron chi connectivity index (χ1n) is 8.71. The number of benzene rings is 2. The standard InChI is InChI=1S/C21H20F3N3O3/c1-27(2)15-6-7-17(16(13-15)21(22,23)24)26-20(28)9-5-14-4-8-18(30-11-10-25)19(12-14)29-3/h4-9,12-13H,11H2,1-3H3,(H,26,28).